The van der Waals surface area contributed by atoms with Crippen molar-refractivity contribution in [2.45, 2.75) is 45.6 Å². The second-order valence-electron chi connectivity index (χ2n) is 8.54. The van der Waals surface area contributed by atoms with E-state index in [9.17, 15) is 9.59 Å². The van der Waals surface area contributed by atoms with Gasteiger partial charge in [-0.3, -0.25) is 4.98 Å². The first-order chi connectivity index (χ1) is 13.7. The number of hydrogen-bond donors (Lipinski definition) is 1. The van der Waals surface area contributed by atoms with Gasteiger partial charge in [0.15, 0.2) is 0 Å². The summed E-state index contributed by atoms with van der Waals surface area (Å²) in [7, 11) is 0. The summed E-state index contributed by atoms with van der Waals surface area (Å²) in [4.78, 5) is 29.5. The zero-order chi connectivity index (χ0) is 21.0. The second kappa shape index (κ2) is 8.64. The maximum absolute atomic E-state index is 12.2. The number of aromatic carboxylic acids is 1. The van der Waals surface area contributed by atoms with Crippen molar-refractivity contribution in [3.05, 3.63) is 53.9 Å². The van der Waals surface area contributed by atoms with Crippen molar-refractivity contribution in [2.75, 3.05) is 13.1 Å². The number of benzene rings is 1. The Morgan fingerprint density at radius 1 is 1.07 bits per heavy atom. The lowest BCUT2D eigenvalue weighted by Gasteiger charge is -2.33. The maximum atomic E-state index is 12.2. The normalized spacial score (nSPS) is 15.2. The number of carboxylic acid groups (broad SMARTS) is 1. The third-order valence-corrected chi connectivity index (χ3v) is 5.05. The first-order valence-electron chi connectivity index (χ1n) is 9.98. The van der Waals surface area contributed by atoms with Crippen molar-refractivity contribution >= 4 is 12.1 Å². The number of rotatable bonds is 4. The molecular formula is C23H28N2O4. The molecule has 6 heteroatoms. The van der Waals surface area contributed by atoms with Gasteiger partial charge in [-0.25, -0.2) is 9.59 Å². The SMILES string of the molecule is CC(C)(C)OC(=O)N1CCC(Cc2ccc(-c3ccc(C(=O)O)cc3)cn2)CC1. The zero-order valence-corrected chi connectivity index (χ0v) is 17.2. The molecule has 1 aliphatic rings. The average Bonchev–Trinajstić information content (AvgIpc) is 2.68. The molecule has 0 unspecified atom stereocenters. The molecule has 29 heavy (non-hydrogen) atoms. The molecule has 0 radical (unpaired) electrons. The van der Waals surface area contributed by atoms with Crippen LogP contribution in [0, 0.1) is 5.92 Å². The minimum Gasteiger partial charge on any atom is -0.478 e. The van der Waals surface area contributed by atoms with Gasteiger partial charge < -0.3 is 14.7 Å². The Balaban J connectivity index is 1.53. The highest BCUT2D eigenvalue weighted by atomic mass is 16.6. The van der Waals surface area contributed by atoms with Gasteiger partial charge >= 0.3 is 12.1 Å². The van der Waals surface area contributed by atoms with Crippen molar-refractivity contribution in [1.29, 1.82) is 0 Å². The van der Waals surface area contributed by atoms with E-state index < -0.39 is 11.6 Å². The lowest BCUT2D eigenvalue weighted by Crippen LogP contribution is -2.42. The minimum atomic E-state index is -0.928. The maximum Gasteiger partial charge on any atom is 0.410 e. The lowest BCUT2D eigenvalue weighted by atomic mass is 9.92. The highest BCUT2D eigenvalue weighted by molar-refractivity contribution is 5.88. The van der Waals surface area contributed by atoms with Gasteiger partial charge in [0.25, 0.3) is 0 Å². The minimum absolute atomic E-state index is 0.229. The van der Waals surface area contributed by atoms with Crippen LogP contribution in [0.1, 0.15) is 49.7 Å². The molecule has 1 N–H and O–H groups in total. The van der Waals surface area contributed by atoms with E-state index in [1.165, 1.54) is 0 Å². The highest BCUT2D eigenvalue weighted by Crippen LogP contribution is 2.24. The Morgan fingerprint density at radius 3 is 2.21 bits per heavy atom. The van der Waals surface area contributed by atoms with Gasteiger partial charge in [-0.1, -0.05) is 18.2 Å². The Kier molecular flexibility index (Phi) is 6.20. The van der Waals surface area contributed by atoms with Crippen LogP contribution >= 0.6 is 0 Å². The Labute approximate surface area is 171 Å². The van der Waals surface area contributed by atoms with Crippen LogP contribution in [0.15, 0.2) is 42.6 Å². The summed E-state index contributed by atoms with van der Waals surface area (Å²) in [6.45, 7) is 7.08. The number of hydrogen-bond acceptors (Lipinski definition) is 4. The van der Waals surface area contributed by atoms with Gasteiger partial charge in [0.05, 0.1) is 5.56 Å². The number of amides is 1. The summed E-state index contributed by atoms with van der Waals surface area (Å²) >= 11 is 0. The van der Waals surface area contributed by atoms with E-state index in [4.69, 9.17) is 9.84 Å². The predicted octanol–water partition coefficient (Wildman–Crippen LogP) is 4.64. The highest BCUT2D eigenvalue weighted by Gasteiger charge is 2.27. The topological polar surface area (TPSA) is 79.7 Å². The quantitative estimate of drug-likeness (QED) is 0.815. The van der Waals surface area contributed by atoms with E-state index >= 15 is 0 Å². The van der Waals surface area contributed by atoms with Gasteiger partial charge in [-0.15, -0.1) is 0 Å². The number of carbonyl (C=O) groups is 2. The fraction of sp³-hybridized carbons (Fsp3) is 0.435. The van der Waals surface area contributed by atoms with Crippen molar-refractivity contribution < 1.29 is 19.4 Å². The molecule has 1 fully saturated rings. The first-order valence-corrected chi connectivity index (χ1v) is 9.98. The molecule has 1 saturated heterocycles. The molecule has 3 rings (SSSR count). The molecule has 1 aliphatic heterocycles. The van der Waals surface area contributed by atoms with Crippen LogP contribution < -0.4 is 0 Å². The van der Waals surface area contributed by atoms with Crippen molar-refractivity contribution in [2.24, 2.45) is 5.92 Å². The van der Waals surface area contributed by atoms with Crippen molar-refractivity contribution in [3.8, 4) is 11.1 Å². The summed E-state index contributed by atoms with van der Waals surface area (Å²) in [5, 5.41) is 8.99. The summed E-state index contributed by atoms with van der Waals surface area (Å²) < 4.78 is 5.45. The summed E-state index contributed by atoms with van der Waals surface area (Å²) in [5.41, 5.74) is 2.75. The van der Waals surface area contributed by atoms with E-state index in [0.717, 1.165) is 36.1 Å². The van der Waals surface area contributed by atoms with E-state index in [-0.39, 0.29) is 11.7 Å². The van der Waals surface area contributed by atoms with Crippen molar-refractivity contribution in [1.82, 2.24) is 9.88 Å². The molecule has 0 saturated carbocycles. The molecule has 1 aromatic carbocycles. The number of pyridine rings is 1. The van der Waals surface area contributed by atoms with Gasteiger partial charge in [-0.05, 0) is 69.7 Å². The van der Waals surface area contributed by atoms with Gasteiger partial charge in [0.1, 0.15) is 5.60 Å². The molecule has 0 aliphatic carbocycles. The number of nitrogens with zero attached hydrogens (tertiary/aromatic N) is 2. The summed E-state index contributed by atoms with van der Waals surface area (Å²) in [5.74, 6) is -0.426. The van der Waals surface area contributed by atoms with Crippen LogP contribution in [-0.2, 0) is 11.2 Å². The summed E-state index contributed by atoms with van der Waals surface area (Å²) in [6, 6.07) is 10.8. The number of aromatic nitrogens is 1. The van der Waals surface area contributed by atoms with Gasteiger partial charge in [0.2, 0.25) is 0 Å². The van der Waals surface area contributed by atoms with E-state index in [2.05, 4.69) is 4.98 Å². The Bertz CT molecular complexity index is 846. The second-order valence-corrected chi connectivity index (χ2v) is 8.54. The van der Waals surface area contributed by atoms with Crippen LogP contribution in [0.5, 0.6) is 0 Å². The van der Waals surface area contributed by atoms with Gasteiger partial charge in [-0.2, -0.15) is 0 Å². The van der Waals surface area contributed by atoms with Crippen LogP contribution in [0.25, 0.3) is 11.1 Å². The van der Waals surface area contributed by atoms with Crippen LogP contribution in [-0.4, -0.2) is 45.7 Å². The van der Waals surface area contributed by atoms with Crippen LogP contribution in [0.2, 0.25) is 0 Å². The number of piperidine rings is 1. The molecule has 0 atom stereocenters. The van der Waals surface area contributed by atoms with E-state index in [1.807, 2.05) is 39.1 Å². The smallest absolute Gasteiger partial charge is 0.410 e. The number of ether oxygens (including phenoxy) is 1. The Morgan fingerprint density at radius 2 is 1.69 bits per heavy atom. The molecular weight excluding hydrogens is 368 g/mol. The first kappa shape index (κ1) is 20.8. The molecule has 0 bridgehead atoms. The van der Waals surface area contributed by atoms with Gasteiger partial charge in [0, 0.05) is 30.5 Å². The number of carboxylic acids is 1. The third kappa shape index (κ3) is 5.79. The molecule has 154 valence electrons. The zero-order valence-electron chi connectivity index (χ0n) is 17.2. The number of carbonyl (C=O) groups excluding carboxylic acids is 1. The average molecular weight is 396 g/mol. The molecule has 6 nitrogen and oxygen atoms in total. The number of likely N-dealkylation sites (tertiary alicyclic amines) is 1. The summed E-state index contributed by atoms with van der Waals surface area (Å²) in [6.07, 6.45) is 4.38. The fourth-order valence-corrected chi connectivity index (χ4v) is 3.46. The Hall–Kier alpha value is -2.89. The molecule has 1 aromatic heterocycles. The monoisotopic (exact) mass is 396 g/mol. The molecule has 2 heterocycles. The fourth-order valence-electron chi connectivity index (χ4n) is 3.46. The van der Waals surface area contributed by atoms with Crippen molar-refractivity contribution in [3.63, 3.8) is 0 Å². The third-order valence-electron chi connectivity index (χ3n) is 5.05. The molecule has 1 amide bonds. The van der Waals surface area contributed by atoms with E-state index in [0.29, 0.717) is 19.0 Å². The van der Waals surface area contributed by atoms with E-state index in [1.54, 1.807) is 29.2 Å². The standard InChI is InChI=1S/C23H28N2O4/c1-23(2,3)29-22(28)25-12-10-16(11-13-25)14-20-9-8-19(15-24-20)17-4-6-18(7-5-17)21(26)27/h4-9,15-16H,10-14H2,1-3H3,(H,26,27). The van der Waals surface area contributed by atoms with Crippen LogP contribution in [0.3, 0.4) is 0 Å². The van der Waals surface area contributed by atoms with Crippen LogP contribution in [0.4, 0.5) is 4.79 Å². The predicted molar refractivity (Wildman–Crippen MR) is 111 cm³/mol. The lowest BCUT2D eigenvalue weighted by molar-refractivity contribution is 0.0184. The molecule has 2 aromatic rings. The largest absolute Gasteiger partial charge is 0.478 e. The molecule has 0 spiro atoms.